The van der Waals surface area contributed by atoms with Gasteiger partial charge in [0.25, 0.3) is 0 Å². The minimum atomic E-state index is -1.20. The van der Waals surface area contributed by atoms with Crippen molar-refractivity contribution in [3.63, 3.8) is 0 Å². The molecule has 14 heteroatoms. The Morgan fingerprint density at radius 2 is 1.79 bits per heavy atom. The first-order chi connectivity index (χ1) is 27.6. The van der Waals surface area contributed by atoms with E-state index in [4.69, 9.17) is 9.47 Å². The van der Waals surface area contributed by atoms with Crippen molar-refractivity contribution in [2.24, 2.45) is 11.8 Å². The number of hydrazine groups is 1. The van der Waals surface area contributed by atoms with Crippen LogP contribution in [0.3, 0.4) is 0 Å². The number of aliphatic hydroxyl groups excluding tert-OH is 1. The minimum absolute atomic E-state index is 0.116. The predicted octanol–water partition coefficient (Wildman–Crippen LogP) is 4.56. The van der Waals surface area contributed by atoms with Gasteiger partial charge in [-0.15, -0.1) is 0 Å². The quantitative estimate of drug-likeness (QED) is 0.0880. The number of aryl methyl sites for hydroxylation is 1. The molecule has 2 saturated heterocycles. The van der Waals surface area contributed by atoms with E-state index in [2.05, 4.69) is 26.0 Å². The van der Waals surface area contributed by atoms with Gasteiger partial charge in [0.2, 0.25) is 12.0 Å². The van der Waals surface area contributed by atoms with Crippen LogP contribution >= 0.6 is 0 Å². The summed E-state index contributed by atoms with van der Waals surface area (Å²) >= 11 is 0. The molecule has 2 fully saturated rings. The van der Waals surface area contributed by atoms with E-state index < -0.39 is 42.3 Å². The molecule has 4 N–H and O–H groups in total. The molecule has 1 unspecified atom stereocenters. The van der Waals surface area contributed by atoms with Crippen molar-refractivity contribution < 1.29 is 33.8 Å². The van der Waals surface area contributed by atoms with Crippen molar-refractivity contribution >= 4 is 24.0 Å². The zero-order chi connectivity index (χ0) is 40.3. The number of amides is 4. The molecule has 0 saturated carbocycles. The standard InChI is InChI=1S/C43H51N7O7/c1-4-28(2)39(36-24-45-42(54)50(36)26-33-14-10-11-29(3)46-33)40(52)47-35(23-30-12-6-5-7-13-30)37(51)27-49(48-43(55)57-38-20-22-56-41(38)53)25-31-16-18-32(19-17-31)34-15-8-9-21-44-34/h5-19,21,28,35-39,51H,4,20,22-27H2,1-3H3,(H,45,54)(H,47,52)(H,48,55)/t28-,35-,36?,37-,38+,39-/m0/s1. The first-order valence-corrected chi connectivity index (χ1v) is 19.5. The molecule has 2 aromatic carbocycles. The van der Waals surface area contributed by atoms with Crippen LogP contribution < -0.4 is 16.1 Å². The topological polar surface area (TPSA) is 175 Å². The van der Waals surface area contributed by atoms with Crippen LogP contribution in [0.2, 0.25) is 0 Å². The summed E-state index contributed by atoms with van der Waals surface area (Å²) in [6, 6.07) is 27.0. The summed E-state index contributed by atoms with van der Waals surface area (Å²) in [4.78, 5) is 63.7. The van der Waals surface area contributed by atoms with Crippen molar-refractivity contribution in [1.82, 2.24) is 35.9 Å². The van der Waals surface area contributed by atoms with E-state index in [1.165, 1.54) is 5.01 Å². The zero-order valence-electron chi connectivity index (χ0n) is 32.5. The second kappa shape index (κ2) is 19.3. The van der Waals surface area contributed by atoms with Gasteiger partial charge in [-0.25, -0.2) is 19.4 Å². The lowest BCUT2D eigenvalue weighted by Gasteiger charge is -2.35. The highest BCUT2D eigenvalue weighted by Crippen LogP contribution is 2.28. The lowest BCUT2D eigenvalue weighted by atomic mass is 9.83. The van der Waals surface area contributed by atoms with E-state index in [0.29, 0.717) is 6.42 Å². The van der Waals surface area contributed by atoms with Crippen LogP contribution in [0.5, 0.6) is 0 Å². The molecule has 14 nitrogen and oxygen atoms in total. The van der Waals surface area contributed by atoms with Crippen molar-refractivity contribution in [2.75, 3.05) is 19.7 Å². The first kappa shape index (κ1) is 40.8. The molecular weight excluding hydrogens is 727 g/mol. The number of cyclic esters (lactones) is 1. The van der Waals surface area contributed by atoms with Gasteiger partial charge in [0, 0.05) is 43.5 Å². The Hall–Kier alpha value is -5.86. The van der Waals surface area contributed by atoms with Gasteiger partial charge in [-0.1, -0.05) is 87.0 Å². The van der Waals surface area contributed by atoms with Gasteiger partial charge in [-0.05, 0) is 54.7 Å². The summed E-state index contributed by atoms with van der Waals surface area (Å²) in [5.74, 6) is -1.64. The van der Waals surface area contributed by atoms with Crippen LogP contribution in [0.4, 0.5) is 9.59 Å². The summed E-state index contributed by atoms with van der Waals surface area (Å²) in [7, 11) is 0. The number of rotatable bonds is 17. The second-order valence-electron chi connectivity index (χ2n) is 14.7. The van der Waals surface area contributed by atoms with Gasteiger partial charge in [0.1, 0.15) is 0 Å². The number of urea groups is 1. The van der Waals surface area contributed by atoms with E-state index >= 15 is 0 Å². The molecular formula is C43H51N7O7. The number of ether oxygens (including phenoxy) is 2. The molecule has 6 atom stereocenters. The van der Waals surface area contributed by atoms with Gasteiger partial charge in [-0.3, -0.25) is 20.2 Å². The second-order valence-corrected chi connectivity index (χ2v) is 14.7. The van der Waals surface area contributed by atoms with Crippen molar-refractivity contribution in [3.05, 3.63) is 120 Å². The maximum atomic E-state index is 14.6. The number of aromatic nitrogens is 2. The highest BCUT2D eigenvalue weighted by atomic mass is 16.6. The van der Waals surface area contributed by atoms with Gasteiger partial charge < -0.3 is 30.1 Å². The summed E-state index contributed by atoms with van der Waals surface area (Å²) in [6.07, 6.45) is -0.182. The lowest BCUT2D eigenvalue weighted by Crippen LogP contribution is -2.56. The molecule has 4 amide bonds. The third-order valence-corrected chi connectivity index (χ3v) is 10.5. The van der Waals surface area contributed by atoms with Crippen LogP contribution in [0.15, 0.2) is 97.2 Å². The van der Waals surface area contributed by atoms with Gasteiger partial charge in [0.15, 0.2) is 0 Å². The van der Waals surface area contributed by atoms with E-state index in [1.54, 1.807) is 11.1 Å². The molecule has 0 aliphatic carbocycles. The average Bonchev–Trinajstić information content (AvgIpc) is 3.78. The first-order valence-electron chi connectivity index (χ1n) is 19.5. The number of benzene rings is 2. The van der Waals surface area contributed by atoms with Gasteiger partial charge in [-0.2, -0.15) is 0 Å². The third-order valence-electron chi connectivity index (χ3n) is 10.5. The summed E-state index contributed by atoms with van der Waals surface area (Å²) in [5.41, 5.74) is 7.68. The lowest BCUT2D eigenvalue weighted by molar-refractivity contribution is -0.144. The highest BCUT2D eigenvalue weighted by Gasteiger charge is 2.43. The minimum Gasteiger partial charge on any atom is -0.463 e. The molecule has 6 rings (SSSR count). The number of aliphatic hydroxyl groups is 1. The number of hydrogen-bond acceptors (Lipinski definition) is 10. The summed E-state index contributed by atoms with van der Waals surface area (Å²) < 4.78 is 10.4. The van der Waals surface area contributed by atoms with Crippen molar-refractivity contribution in [1.29, 1.82) is 0 Å². The molecule has 4 heterocycles. The van der Waals surface area contributed by atoms with Crippen LogP contribution in [0.25, 0.3) is 11.3 Å². The van der Waals surface area contributed by atoms with Crippen LogP contribution in [0.1, 0.15) is 49.2 Å². The van der Waals surface area contributed by atoms with E-state index in [0.717, 1.165) is 33.8 Å². The number of nitrogens with zero attached hydrogens (tertiary/aromatic N) is 4. The number of esters is 1. The van der Waals surface area contributed by atoms with Gasteiger partial charge in [0.05, 0.1) is 48.6 Å². The fraction of sp³-hybridized carbons (Fsp3) is 0.395. The molecule has 0 radical (unpaired) electrons. The number of carbonyl (C=O) groups excluding carboxylic acids is 4. The fourth-order valence-corrected chi connectivity index (χ4v) is 7.33. The fourth-order valence-electron chi connectivity index (χ4n) is 7.33. The predicted molar refractivity (Wildman–Crippen MR) is 212 cm³/mol. The zero-order valence-corrected chi connectivity index (χ0v) is 32.5. The van der Waals surface area contributed by atoms with Crippen LogP contribution in [0, 0.1) is 18.8 Å². The van der Waals surface area contributed by atoms with E-state index in [1.807, 2.05) is 112 Å². The molecule has 300 valence electrons. The molecule has 57 heavy (non-hydrogen) atoms. The molecule has 0 bridgehead atoms. The van der Waals surface area contributed by atoms with Gasteiger partial charge >= 0.3 is 18.1 Å². The molecule has 2 aromatic heterocycles. The number of carbonyl (C=O) groups is 4. The maximum Gasteiger partial charge on any atom is 0.422 e. The molecule has 2 aliphatic heterocycles. The SMILES string of the molecule is CC[C@H](C)[C@H](C(=O)N[C@@H](Cc1ccccc1)[C@@H](O)CN(Cc1ccc(-c2ccccn2)cc1)NC(=O)O[C@@H]1CCOC1=O)C1CNC(=O)N1Cc1cccc(C)n1. The average molecular weight is 778 g/mol. The van der Waals surface area contributed by atoms with E-state index in [9.17, 15) is 24.3 Å². The number of pyridine rings is 2. The Balaban J connectivity index is 1.23. The number of nitrogens with one attached hydrogen (secondary N) is 3. The molecule has 4 aromatic rings. The summed E-state index contributed by atoms with van der Waals surface area (Å²) in [5, 5.41) is 19.7. The van der Waals surface area contributed by atoms with E-state index in [-0.39, 0.29) is 63.5 Å². The van der Waals surface area contributed by atoms with Crippen molar-refractivity contribution in [2.45, 2.75) is 77.4 Å². The summed E-state index contributed by atoms with van der Waals surface area (Å²) in [6.45, 7) is 6.62. The maximum absolute atomic E-state index is 14.6. The van der Waals surface area contributed by atoms with Crippen molar-refractivity contribution in [3.8, 4) is 11.3 Å². The number of hydrogen-bond donors (Lipinski definition) is 4. The third kappa shape index (κ3) is 10.9. The Morgan fingerprint density at radius 1 is 1.02 bits per heavy atom. The normalized spacial score (nSPS) is 18.6. The Morgan fingerprint density at radius 3 is 2.47 bits per heavy atom. The smallest absolute Gasteiger partial charge is 0.422 e. The Bertz CT molecular complexity index is 1970. The molecule has 0 spiro atoms. The van der Waals surface area contributed by atoms with Crippen LogP contribution in [-0.2, 0) is 38.6 Å². The Kier molecular flexibility index (Phi) is 13.8. The highest BCUT2D eigenvalue weighted by molar-refractivity contribution is 5.83. The molecule has 2 aliphatic rings. The Labute approximate surface area is 333 Å². The van der Waals surface area contributed by atoms with Crippen LogP contribution in [-0.4, -0.2) is 93.0 Å². The largest absolute Gasteiger partial charge is 0.463 e. The monoisotopic (exact) mass is 777 g/mol.